The fourth-order valence-electron chi connectivity index (χ4n) is 1.60. The summed E-state index contributed by atoms with van der Waals surface area (Å²) in [5.74, 6) is 0.180. The molecule has 3 nitrogen and oxygen atoms in total. The van der Waals surface area contributed by atoms with E-state index in [0.29, 0.717) is 5.75 Å². The molecule has 1 aromatic heterocycles. The molecule has 0 N–H and O–H groups in total. The van der Waals surface area contributed by atoms with E-state index in [2.05, 4.69) is 11.1 Å². The lowest BCUT2D eigenvalue weighted by molar-refractivity contribution is 0.619. The summed E-state index contributed by atoms with van der Waals surface area (Å²) in [4.78, 5) is 4.19. The highest BCUT2D eigenvalue weighted by atomic mass is 32.2. The van der Waals surface area contributed by atoms with Gasteiger partial charge in [0.15, 0.2) is 5.16 Å². The zero-order valence-electron chi connectivity index (χ0n) is 9.71. The van der Waals surface area contributed by atoms with Crippen LogP contribution >= 0.6 is 11.8 Å². The fraction of sp³-hybridized carbons (Fsp3) is 0.231. The number of halogens is 1. The molecule has 18 heavy (non-hydrogen) atoms. The standard InChI is InChI=1S/C13H12FN3S/c14-12-3-1-11(2-4-12)5-8-17-9-7-16-13(17)18-10-6-15/h1-4,7,9H,5,8,10H2. The number of aromatic nitrogens is 2. The molecule has 0 radical (unpaired) electrons. The van der Waals surface area contributed by atoms with Crippen LogP contribution in [0.5, 0.6) is 0 Å². The minimum atomic E-state index is -0.216. The van der Waals surface area contributed by atoms with E-state index in [-0.39, 0.29) is 5.82 Å². The lowest BCUT2D eigenvalue weighted by atomic mass is 10.1. The second-order valence-electron chi connectivity index (χ2n) is 3.73. The minimum Gasteiger partial charge on any atom is -0.326 e. The van der Waals surface area contributed by atoms with Gasteiger partial charge in [-0.1, -0.05) is 23.9 Å². The first kappa shape index (κ1) is 12.7. The maximum absolute atomic E-state index is 12.8. The van der Waals surface area contributed by atoms with E-state index in [9.17, 15) is 4.39 Å². The number of nitrogens with zero attached hydrogens (tertiary/aromatic N) is 3. The lowest BCUT2D eigenvalue weighted by Gasteiger charge is -2.06. The van der Waals surface area contributed by atoms with Crippen molar-refractivity contribution in [3.8, 4) is 6.07 Å². The Kier molecular flexibility index (Phi) is 4.37. The van der Waals surface area contributed by atoms with Gasteiger partial charge in [-0.25, -0.2) is 9.37 Å². The van der Waals surface area contributed by atoms with Crippen LogP contribution < -0.4 is 0 Å². The van der Waals surface area contributed by atoms with Gasteiger partial charge in [0.2, 0.25) is 0 Å². The second-order valence-corrected chi connectivity index (χ2v) is 4.67. The van der Waals surface area contributed by atoms with Crippen LogP contribution in [0, 0.1) is 17.1 Å². The van der Waals surface area contributed by atoms with Gasteiger partial charge in [0.05, 0.1) is 11.8 Å². The van der Waals surface area contributed by atoms with Crippen LogP contribution in [0.3, 0.4) is 0 Å². The molecular formula is C13H12FN3S. The van der Waals surface area contributed by atoms with Gasteiger partial charge >= 0.3 is 0 Å². The highest BCUT2D eigenvalue weighted by molar-refractivity contribution is 7.99. The summed E-state index contributed by atoms with van der Waals surface area (Å²) in [6.45, 7) is 0.777. The van der Waals surface area contributed by atoms with E-state index >= 15 is 0 Å². The molecule has 92 valence electrons. The Morgan fingerprint density at radius 2 is 2.11 bits per heavy atom. The SMILES string of the molecule is N#CCSc1nccn1CCc1ccc(F)cc1. The zero-order chi connectivity index (χ0) is 12.8. The Balaban J connectivity index is 1.96. The highest BCUT2D eigenvalue weighted by Gasteiger charge is 2.03. The van der Waals surface area contributed by atoms with E-state index in [4.69, 9.17) is 5.26 Å². The van der Waals surface area contributed by atoms with Crippen molar-refractivity contribution in [2.24, 2.45) is 0 Å². The molecule has 0 aliphatic carbocycles. The summed E-state index contributed by atoms with van der Waals surface area (Å²) in [7, 11) is 0. The molecule has 0 fully saturated rings. The van der Waals surface area contributed by atoms with E-state index in [1.165, 1.54) is 23.9 Å². The summed E-state index contributed by atoms with van der Waals surface area (Å²) >= 11 is 1.42. The van der Waals surface area contributed by atoms with Crippen molar-refractivity contribution in [2.45, 2.75) is 18.1 Å². The molecule has 1 heterocycles. The maximum Gasteiger partial charge on any atom is 0.168 e. The number of aryl methyl sites for hydroxylation is 2. The lowest BCUT2D eigenvalue weighted by Crippen LogP contribution is -2.02. The molecule has 1 aromatic carbocycles. The Morgan fingerprint density at radius 3 is 2.83 bits per heavy atom. The highest BCUT2D eigenvalue weighted by Crippen LogP contribution is 2.15. The molecule has 0 aliphatic heterocycles. The van der Waals surface area contributed by atoms with Crippen molar-refractivity contribution in [3.63, 3.8) is 0 Å². The van der Waals surface area contributed by atoms with Gasteiger partial charge < -0.3 is 4.57 Å². The van der Waals surface area contributed by atoms with Gasteiger partial charge in [0, 0.05) is 18.9 Å². The molecule has 0 amide bonds. The maximum atomic E-state index is 12.8. The number of thioether (sulfide) groups is 1. The van der Waals surface area contributed by atoms with Gasteiger partial charge in [0.1, 0.15) is 5.82 Å². The predicted octanol–water partition coefficient (Wildman–Crippen LogP) is 2.88. The van der Waals surface area contributed by atoms with Gasteiger partial charge in [-0.2, -0.15) is 5.26 Å². The van der Waals surface area contributed by atoms with Crippen LogP contribution in [0.1, 0.15) is 5.56 Å². The third kappa shape index (κ3) is 3.34. The van der Waals surface area contributed by atoms with Crippen LogP contribution in [0.25, 0.3) is 0 Å². The quantitative estimate of drug-likeness (QED) is 0.777. The average molecular weight is 261 g/mol. The molecule has 0 saturated heterocycles. The van der Waals surface area contributed by atoms with Crippen LogP contribution in [0.2, 0.25) is 0 Å². The molecule has 2 aromatic rings. The number of hydrogen-bond acceptors (Lipinski definition) is 3. The molecule has 0 saturated carbocycles. The smallest absolute Gasteiger partial charge is 0.168 e. The molecule has 0 spiro atoms. The Morgan fingerprint density at radius 1 is 1.33 bits per heavy atom. The summed E-state index contributed by atoms with van der Waals surface area (Å²) in [5.41, 5.74) is 1.08. The van der Waals surface area contributed by atoms with Gasteiger partial charge in [0.25, 0.3) is 0 Å². The molecule has 0 bridgehead atoms. The largest absolute Gasteiger partial charge is 0.326 e. The number of hydrogen-bond donors (Lipinski definition) is 0. The molecule has 2 rings (SSSR count). The number of benzene rings is 1. The van der Waals surface area contributed by atoms with E-state index < -0.39 is 0 Å². The summed E-state index contributed by atoms with van der Waals surface area (Å²) in [5, 5.41) is 9.39. The van der Waals surface area contributed by atoms with Crippen molar-refractivity contribution in [2.75, 3.05) is 5.75 Å². The summed E-state index contributed by atoms with van der Waals surface area (Å²) < 4.78 is 14.8. The normalized spacial score (nSPS) is 10.2. The fourth-order valence-corrected chi connectivity index (χ4v) is 2.25. The summed E-state index contributed by atoms with van der Waals surface area (Å²) in [6.07, 6.45) is 4.43. The van der Waals surface area contributed by atoms with Crippen LogP contribution in [-0.2, 0) is 13.0 Å². The molecule has 5 heteroatoms. The van der Waals surface area contributed by atoms with Crippen LogP contribution in [0.15, 0.2) is 41.8 Å². The molecule has 0 unspecified atom stereocenters. The molecule has 0 aliphatic rings. The Hall–Kier alpha value is -1.80. The Labute approximate surface area is 109 Å². The van der Waals surface area contributed by atoms with Crippen LogP contribution in [-0.4, -0.2) is 15.3 Å². The van der Waals surface area contributed by atoms with E-state index in [1.807, 2.05) is 10.8 Å². The van der Waals surface area contributed by atoms with Gasteiger partial charge in [-0.05, 0) is 24.1 Å². The minimum absolute atomic E-state index is 0.216. The van der Waals surface area contributed by atoms with E-state index in [1.54, 1.807) is 18.3 Å². The third-order valence-corrected chi connectivity index (χ3v) is 3.37. The first-order valence-corrected chi connectivity index (χ1v) is 6.53. The van der Waals surface area contributed by atoms with Crippen molar-refractivity contribution in [1.82, 2.24) is 9.55 Å². The van der Waals surface area contributed by atoms with Gasteiger partial charge in [-0.15, -0.1) is 0 Å². The van der Waals surface area contributed by atoms with Gasteiger partial charge in [-0.3, -0.25) is 0 Å². The monoisotopic (exact) mass is 261 g/mol. The predicted molar refractivity (Wildman–Crippen MR) is 68.7 cm³/mol. The zero-order valence-corrected chi connectivity index (χ0v) is 10.5. The Bertz CT molecular complexity index is 542. The first-order valence-electron chi connectivity index (χ1n) is 5.55. The molecule has 0 atom stereocenters. The van der Waals surface area contributed by atoms with Crippen molar-refractivity contribution < 1.29 is 4.39 Å². The molecular weight excluding hydrogens is 249 g/mol. The number of imidazole rings is 1. The number of nitriles is 1. The van der Waals surface area contributed by atoms with Crippen molar-refractivity contribution in [1.29, 1.82) is 5.26 Å². The first-order chi connectivity index (χ1) is 8.79. The van der Waals surface area contributed by atoms with Crippen molar-refractivity contribution in [3.05, 3.63) is 48.0 Å². The van der Waals surface area contributed by atoms with Crippen LogP contribution in [0.4, 0.5) is 4.39 Å². The topological polar surface area (TPSA) is 41.6 Å². The van der Waals surface area contributed by atoms with E-state index in [0.717, 1.165) is 23.7 Å². The summed E-state index contributed by atoms with van der Waals surface area (Å²) in [6, 6.07) is 8.59. The second kappa shape index (κ2) is 6.22. The number of rotatable bonds is 5. The van der Waals surface area contributed by atoms with Crippen molar-refractivity contribution >= 4 is 11.8 Å². The third-order valence-electron chi connectivity index (χ3n) is 2.50. The average Bonchev–Trinajstić information content (AvgIpc) is 2.83.